The molecule has 0 radical (unpaired) electrons. The van der Waals surface area contributed by atoms with E-state index in [-0.39, 0.29) is 10.7 Å². The minimum absolute atomic E-state index is 0.0243. The Morgan fingerprint density at radius 1 is 1.14 bits per heavy atom. The van der Waals surface area contributed by atoms with Gasteiger partial charge in [0.05, 0.1) is 22.6 Å². The Bertz CT molecular complexity index is 684. The van der Waals surface area contributed by atoms with E-state index in [2.05, 4.69) is 10.3 Å². The smallest absolute Gasteiger partial charge is 0.383 e. The Hall–Kier alpha value is -1.95. The molecule has 0 aliphatic carbocycles. The van der Waals surface area contributed by atoms with Crippen LogP contribution in [0.25, 0.3) is 0 Å². The molecule has 0 unspecified atom stereocenters. The van der Waals surface area contributed by atoms with Gasteiger partial charge in [0.25, 0.3) is 0 Å². The quantitative estimate of drug-likeness (QED) is 0.844. The second-order valence-corrected chi connectivity index (χ2v) is 5.07. The van der Waals surface area contributed by atoms with E-state index in [4.69, 9.17) is 17.3 Å². The van der Waals surface area contributed by atoms with Gasteiger partial charge in [-0.15, -0.1) is 0 Å². The van der Waals surface area contributed by atoms with Crippen molar-refractivity contribution in [3.05, 3.63) is 46.1 Å². The summed E-state index contributed by atoms with van der Waals surface area (Å²) in [4.78, 5) is 4.09. The number of alkyl halides is 3. The molecule has 0 bridgehead atoms. The van der Waals surface area contributed by atoms with Crippen LogP contribution in [-0.2, 0) is 6.18 Å². The molecular formula is C14H13ClF3N3. The molecule has 3 N–H and O–H groups in total. The lowest BCUT2D eigenvalue weighted by Gasteiger charge is -2.16. The van der Waals surface area contributed by atoms with E-state index in [1.807, 2.05) is 0 Å². The lowest BCUT2D eigenvalue weighted by atomic mass is 10.1. The summed E-state index contributed by atoms with van der Waals surface area (Å²) >= 11 is 5.65. The van der Waals surface area contributed by atoms with Gasteiger partial charge in [-0.25, -0.2) is 4.98 Å². The fourth-order valence-corrected chi connectivity index (χ4v) is 2.03. The molecule has 7 heteroatoms. The summed E-state index contributed by atoms with van der Waals surface area (Å²) in [6.45, 7) is 3.40. The third kappa shape index (κ3) is 3.39. The normalized spacial score (nSPS) is 11.5. The average molecular weight is 316 g/mol. The molecule has 1 aromatic carbocycles. The maximum Gasteiger partial charge on any atom is 0.418 e. The zero-order valence-electron chi connectivity index (χ0n) is 11.3. The van der Waals surface area contributed by atoms with Gasteiger partial charge in [-0.05, 0) is 43.7 Å². The third-order valence-corrected chi connectivity index (χ3v) is 3.23. The van der Waals surface area contributed by atoms with Crippen LogP contribution in [0.3, 0.4) is 0 Å². The molecule has 0 fully saturated rings. The van der Waals surface area contributed by atoms with Crippen molar-refractivity contribution in [2.75, 3.05) is 11.1 Å². The van der Waals surface area contributed by atoms with Gasteiger partial charge >= 0.3 is 6.18 Å². The van der Waals surface area contributed by atoms with Gasteiger partial charge in [-0.1, -0.05) is 11.6 Å². The molecule has 1 heterocycles. The predicted octanol–water partition coefficient (Wildman–Crippen LogP) is 4.70. The van der Waals surface area contributed by atoms with Gasteiger partial charge < -0.3 is 11.1 Å². The number of pyridine rings is 1. The number of benzene rings is 1. The molecule has 2 rings (SSSR count). The first-order chi connectivity index (χ1) is 9.68. The first kappa shape index (κ1) is 15.4. The maximum atomic E-state index is 13.0. The molecule has 0 atom stereocenters. The highest BCUT2D eigenvalue weighted by Crippen LogP contribution is 2.38. The molecular weight excluding hydrogens is 303 g/mol. The number of anilines is 3. The minimum atomic E-state index is -4.50. The van der Waals surface area contributed by atoms with E-state index in [9.17, 15) is 13.2 Å². The standard InChI is InChI=1S/C14H13ClF3N3/c1-7-5-12(8(2)20-13(7)19)21-11-4-3-9(15)6-10(11)14(16,17)18/h3-6,21H,1-2H3,(H2,19,20). The third-order valence-electron chi connectivity index (χ3n) is 3.00. The number of nitrogens with zero attached hydrogens (tertiary/aromatic N) is 1. The Morgan fingerprint density at radius 3 is 2.43 bits per heavy atom. The summed E-state index contributed by atoms with van der Waals surface area (Å²) in [6.07, 6.45) is -4.50. The highest BCUT2D eigenvalue weighted by molar-refractivity contribution is 6.30. The second-order valence-electron chi connectivity index (χ2n) is 4.64. The Balaban J connectivity index is 2.47. The monoisotopic (exact) mass is 315 g/mol. The minimum Gasteiger partial charge on any atom is -0.383 e. The van der Waals surface area contributed by atoms with Crippen molar-refractivity contribution in [1.29, 1.82) is 0 Å². The average Bonchev–Trinajstić information content (AvgIpc) is 2.36. The van der Waals surface area contributed by atoms with Crippen LogP contribution >= 0.6 is 11.6 Å². The van der Waals surface area contributed by atoms with E-state index in [1.54, 1.807) is 19.9 Å². The maximum absolute atomic E-state index is 13.0. The lowest BCUT2D eigenvalue weighted by molar-refractivity contribution is -0.136. The van der Waals surface area contributed by atoms with Crippen LogP contribution in [-0.4, -0.2) is 4.98 Å². The zero-order valence-corrected chi connectivity index (χ0v) is 12.1. The summed E-state index contributed by atoms with van der Waals surface area (Å²) < 4.78 is 39.1. The molecule has 112 valence electrons. The highest BCUT2D eigenvalue weighted by Gasteiger charge is 2.34. The molecule has 0 saturated carbocycles. The van der Waals surface area contributed by atoms with Gasteiger partial charge in [0.2, 0.25) is 0 Å². The Kier molecular flexibility index (Phi) is 4.00. The number of nitrogens with one attached hydrogen (secondary N) is 1. The summed E-state index contributed by atoms with van der Waals surface area (Å²) in [5, 5.41) is 2.77. The van der Waals surface area contributed by atoms with Crippen LogP contribution in [0.15, 0.2) is 24.3 Å². The molecule has 0 aliphatic heterocycles. The number of halogens is 4. The number of aryl methyl sites for hydroxylation is 2. The molecule has 0 amide bonds. The number of nitrogens with two attached hydrogens (primary N) is 1. The number of aromatic nitrogens is 1. The fourth-order valence-electron chi connectivity index (χ4n) is 1.86. The van der Waals surface area contributed by atoms with Crippen LogP contribution in [0.5, 0.6) is 0 Å². The number of nitrogen functional groups attached to an aromatic ring is 1. The van der Waals surface area contributed by atoms with E-state index < -0.39 is 11.7 Å². The van der Waals surface area contributed by atoms with Crippen molar-refractivity contribution in [2.24, 2.45) is 0 Å². The number of hydrogen-bond donors (Lipinski definition) is 2. The van der Waals surface area contributed by atoms with Crippen LogP contribution in [0.4, 0.5) is 30.4 Å². The van der Waals surface area contributed by atoms with Gasteiger partial charge in [-0.3, -0.25) is 0 Å². The second kappa shape index (κ2) is 5.44. The van der Waals surface area contributed by atoms with Crippen molar-refractivity contribution in [3.63, 3.8) is 0 Å². The summed E-state index contributed by atoms with van der Waals surface area (Å²) in [5.74, 6) is 0.352. The van der Waals surface area contributed by atoms with Gasteiger partial charge in [0, 0.05) is 5.02 Å². The van der Waals surface area contributed by atoms with Crippen molar-refractivity contribution >= 4 is 28.8 Å². The van der Waals surface area contributed by atoms with Crippen LogP contribution in [0, 0.1) is 13.8 Å². The van der Waals surface area contributed by atoms with Gasteiger partial charge in [0.15, 0.2) is 0 Å². The van der Waals surface area contributed by atoms with E-state index >= 15 is 0 Å². The highest BCUT2D eigenvalue weighted by atomic mass is 35.5. The fraction of sp³-hybridized carbons (Fsp3) is 0.214. The first-order valence-corrected chi connectivity index (χ1v) is 6.44. The number of hydrogen-bond acceptors (Lipinski definition) is 3. The molecule has 0 spiro atoms. The molecule has 3 nitrogen and oxygen atoms in total. The van der Waals surface area contributed by atoms with Crippen molar-refractivity contribution < 1.29 is 13.2 Å². The zero-order chi connectivity index (χ0) is 15.8. The summed E-state index contributed by atoms with van der Waals surface area (Å²) in [6, 6.07) is 5.23. The SMILES string of the molecule is Cc1cc(Nc2ccc(Cl)cc2C(F)(F)F)c(C)nc1N. The summed E-state index contributed by atoms with van der Waals surface area (Å²) in [5.41, 5.74) is 6.42. The summed E-state index contributed by atoms with van der Waals surface area (Å²) in [7, 11) is 0. The van der Waals surface area contributed by atoms with Gasteiger partial charge in [0.1, 0.15) is 5.82 Å². The van der Waals surface area contributed by atoms with Crippen LogP contribution < -0.4 is 11.1 Å². The number of rotatable bonds is 2. The van der Waals surface area contributed by atoms with Gasteiger partial charge in [-0.2, -0.15) is 13.2 Å². The van der Waals surface area contributed by atoms with Crippen molar-refractivity contribution in [3.8, 4) is 0 Å². The lowest BCUT2D eigenvalue weighted by Crippen LogP contribution is -2.10. The van der Waals surface area contributed by atoms with E-state index in [0.29, 0.717) is 22.8 Å². The molecule has 21 heavy (non-hydrogen) atoms. The van der Waals surface area contributed by atoms with Crippen LogP contribution in [0.1, 0.15) is 16.8 Å². The van der Waals surface area contributed by atoms with Crippen molar-refractivity contribution in [1.82, 2.24) is 4.98 Å². The van der Waals surface area contributed by atoms with Crippen molar-refractivity contribution in [2.45, 2.75) is 20.0 Å². The largest absolute Gasteiger partial charge is 0.418 e. The topological polar surface area (TPSA) is 50.9 Å². The molecule has 2 aromatic rings. The molecule has 1 aromatic heterocycles. The molecule has 0 aliphatic rings. The van der Waals surface area contributed by atoms with Crippen LogP contribution in [0.2, 0.25) is 5.02 Å². The predicted molar refractivity (Wildman–Crippen MR) is 77.9 cm³/mol. The Morgan fingerprint density at radius 2 is 1.81 bits per heavy atom. The molecule has 0 saturated heterocycles. The van der Waals surface area contributed by atoms with E-state index in [0.717, 1.165) is 6.07 Å². The van der Waals surface area contributed by atoms with E-state index in [1.165, 1.54) is 12.1 Å². The first-order valence-electron chi connectivity index (χ1n) is 6.06. The Labute approximate surface area is 124 Å².